The van der Waals surface area contributed by atoms with Gasteiger partial charge in [-0.2, -0.15) is 0 Å². The van der Waals surface area contributed by atoms with Gasteiger partial charge in [0.05, 0.1) is 11.6 Å². The minimum Gasteiger partial charge on any atom is -0.393 e. The summed E-state index contributed by atoms with van der Waals surface area (Å²) in [6.45, 7) is 6.61. The van der Waals surface area contributed by atoms with E-state index in [1.54, 1.807) is 18.7 Å². The smallest absolute Gasteiger partial charge is 0.242 e. The zero-order valence-electron chi connectivity index (χ0n) is 9.16. The second-order valence-corrected chi connectivity index (χ2v) is 4.81. The van der Waals surface area contributed by atoms with Crippen LogP contribution in [0.3, 0.4) is 0 Å². The lowest BCUT2D eigenvalue weighted by molar-refractivity contribution is -0.139. The summed E-state index contributed by atoms with van der Waals surface area (Å²) in [6.07, 6.45) is 0.378. The number of carbonyl (C=O) groups is 1. The van der Waals surface area contributed by atoms with Gasteiger partial charge < -0.3 is 15.7 Å². The van der Waals surface area contributed by atoms with Crippen LogP contribution in [0.1, 0.15) is 27.2 Å². The summed E-state index contributed by atoms with van der Waals surface area (Å²) in [5, 5.41) is 9.51. The molecule has 1 aliphatic rings. The fourth-order valence-corrected chi connectivity index (χ4v) is 1.73. The topological polar surface area (TPSA) is 66.6 Å². The zero-order chi connectivity index (χ0) is 10.9. The second-order valence-electron chi connectivity index (χ2n) is 4.81. The molecule has 0 radical (unpaired) electrons. The van der Waals surface area contributed by atoms with Crippen LogP contribution in [0, 0.1) is 5.92 Å². The lowest BCUT2D eigenvalue weighted by Crippen LogP contribution is -2.55. The van der Waals surface area contributed by atoms with Gasteiger partial charge in [0.1, 0.15) is 0 Å². The molecule has 0 spiro atoms. The molecule has 0 aliphatic carbocycles. The van der Waals surface area contributed by atoms with Crippen LogP contribution in [0.2, 0.25) is 0 Å². The summed E-state index contributed by atoms with van der Waals surface area (Å²) in [7, 11) is 0. The minimum absolute atomic E-state index is 0.0312. The van der Waals surface area contributed by atoms with E-state index < -0.39 is 5.54 Å². The molecule has 3 N–H and O–H groups in total. The number of nitrogens with zero attached hydrogens (tertiary/aromatic N) is 1. The Labute approximate surface area is 85.1 Å². The standard InChI is InChI=1S/C10H20N2O2/c1-7-6-12(5-4-8(7)13)9(14)10(2,3)11/h7-8,13H,4-6,11H2,1-3H3. The molecule has 1 saturated heterocycles. The molecule has 14 heavy (non-hydrogen) atoms. The first-order valence-corrected chi connectivity index (χ1v) is 5.08. The van der Waals surface area contributed by atoms with Crippen molar-refractivity contribution in [2.45, 2.75) is 38.8 Å². The molecular weight excluding hydrogens is 180 g/mol. The SMILES string of the molecule is CC1CN(C(=O)C(C)(C)N)CCC1O. The van der Waals surface area contributed by atoms with Gasteiger partial charge >= 0.3 is 0 Å². The molecule has 1 rings (SSSR count). The van der Waals surface area contributed by atoms with Crippen molar-refractivity contribution in [1.29, 1.82) is 0 Å². The number of hydrogen-bond donors (Lipinski definition) is 2. The monoisotopic (exact) mass is 200 g/mol. The highest BCUT2D eigenvalue weighted by Crippen LogP contribution is 2.18. The third-order valence-electron chi connectivity index (χ3n) is 2.70. The molecule has 0 aromatic heterocycles. The van der Waals surface area contributed by atoms with Gasteiger partial charge in [0.2, 0.25) is 5.91 Å². The zero-order valence-corrected chi connectivity index (χ0v) is 9.16. The molecule has 2 unspecified atom stereocenters. The molecule has 4 heteroatoms. The van der Waals surface area contributed by atoms with Crippen LogP contribution in [-0.2, 0) is 4.79 Å². The largest absolute Gasteiger partial charge is 0.393 e. The van der Waals surface area contributed by atoms with Crippen LogP contribution >= 0.6 is 0 Å². The summed E-state index contributed by atoms with van der Waals surface area (Å²) < 4.78 is 0. The first-order chi connectivity index (χ1) is 6.32. The van der Waals surface area contributed by atoms with Crippen molar-refractivity contribution < 1.29 is 9.90 Å². The molecule has 0 bridgehead atoms. The van der Waals surface area contributed by atoms with Crippen LogP contribution in [0.25, 0.3) is 0 Å². The van der Waals surface area contributed by atoms with E-state index in [4.69, 9.17) is 5.73 Å². The van der Waals surface area contributed by atoms with E-state index in [1.807, 2.05) is 6.92 Å². The van der Waals surface area contributed by atoms with Crippen LogP contribution in [0.15, 0.2) is 0 Å². The van der Waals surface area contributed by atoms with Crippen LogP contribution < -0.4 is 5.73 Å². The Bertz CT molecular complexity index is 223. The van der Waals surface area contributed by atoms with Gasteiger partial charge in [-0.15, -0.1) is 0 Å². The number of piperidine rings is 1. The van der Waals surface area contributed by atoms with Crippen molar-refractivity contribution in [3.05, 3.63) is 0 Å². The number of aliphatic hydroxyl groups is 1. The van der Waals surface area contributed by atoms with Crippen LogP contribution in [0.4, 0.5) is 0 Å². The summed E-state index contributed by atoms with van der Waals surface area (Å²) in [5.41, 5.74) is 4.93. The number of rotatable bonds is 1. The van der Waals surface area contributed by atoms with Gasteiger partial charge in [0.15, 0.2) is 0 Å². The Kier molecular flexibility index (Phi) is 3.17. The van der Waals surface area contributed by atoms with Crippen molar-refractivity contribution in [3.63, 3.8) is 0 Å². The van der Waals surface area contributed by atoms with Crippen molar-refractivity contribution >= 4 is 5.91 Å². The van der Waals surface area contributed by atoms with Crippen LogP contribution in [-0.4, -0.2) is 40.6 Å². The number of likely N-dealkylation sites (tertiary alicyclic amines) is 1. The van der Waals surface area contributed by atoms with E-state index in [0.717, 1.165) is 0 Å². The molecule has 0 aromatic rings. The summed E-state index contributed by atoms with van der Waals surface area (Å²) in [5.74, 6) is 0.117. The Balaban J connectivity index is 2.59. The first-order valence-electron chi connectivity index (χ1n) is 5.08. The molecule has 2 atom stereocenters. The summed E-state index contributed by atoms with van der Waals surface area (Å²) in [6, 6.07) is 0. The lowest BCUT2D eigenvalue weighted by atomic mass is 9.94. The van der Waals surface area contributed by atoms with Gasteiger partial charge in [-0.05, 0) is 26.2 Å². The average Bonchev–Trinajstić information content (AvgIpc) is 2.07. The van der Waals surface area contributed by atoms with E-state index >= 15 is 0 Å². The molecule has 82 valence electrons. The molecule has 0 saturated carbocycles. The van der Waals surface area contributed by atoms with E-state index in [1.165, 1.54) is 0 Å². The summed E-state index contributed by atoms with van der Waals surface area (Å²) in [4.78, 5) is 13.5. The van der Waals surface area contributed by atoms with Gasteiger partial charge in [-0.25, -0.2) is 0 Å². The molecule has 1 aliphatic heterocycles. The highest BCUT2D eigenvalue weighted by molar-refractivity contribution is 5.85. The molecule has 0 aromatic carbocycles. The number of amides is 1. The van der Waals surface area contributed by atoms with E-state index in [9.17, 15) is 9.90 Å². The normalized spacial score (nSPS) is 29.1. The lowest BCUT2D eigenvalue weighted by Gasteiger charge is -2.37. The maximum absolute atomic E-state index is 11.8. The number of hydrogen-bond acceptors (Lipinski definition) is 3. The minimum atomic E-state index is -0.804. The predicted octanol–water partition coefficient (Wildman–Crippen LogP) is -0.0470. The maximum atomic E-state index is 11.8. The Morgan fingerprint density at radius 3 is 2.57 bits per heavy atom. The molecular formula is C10H20N2O2. The Hall–Kier alpha value is -0.610. The fourth-order valence-electron chi connectivity index (χ4n) is 1.73. The molecule has 1 fully saturated rings. The van der Waals surface area contributed by atoms with Gasteiger partial charge in [0.25, 0.3) is 0 Å². The third-order valence-corrected chi connectivity index (χ3v) is 2.70. The Morgan fingerprint density at radius 2 is 2.14 bits per heavy atom. The third kappa shape index (κ3) is 2.45. The van der Waals surface area contributed by atoms with Crippen molar-refractivity contribution in [3.8, 4) is 0 Å². The number of carbonyl (C=O) groups excluding carboxylic acids is 1. The van der Waals surface area contributed by atoms with Crippen molar-refractivity contribution in [2.75, 3.05) is 13.1 Å². The maximum Gasteiger partial charge on any atom is 0.242 e. The predicted molar refractivity (Wildman–Crippen MR) is 54.6 cm³/mol. The van der Waals surface area contributed by atoms with E-state index in [2.05, 4.69) is 0 Å². The van der Waals surface area contributed by atoms with E-state index in [0.29, 0.717) is 19.5 Å². The second kappa shape index (κ2) is 3.87. The van der Waals surface area contributed by atoms with Crippen LogP contribution in [0.5, 0.6) is 0 Å². The van der Waals surface area contributed by atoms with E-state index in [-0.39, 0.29) is 17.9 Å². The van der Waals surface area contributed by atoms with Gasteiger partial charge in [-0.1, -0.05) is 6.92 Å². The fraction of sp³-hybridized carbons (Fsp3) is 0.900. The van der Waals surface area contributed by atoms with Gasteiger partial charge in [-0.3, -0.25) is 4.79 Å². The highest BCUT2D eigenvalue weighted by Gasteiger charge is 2.33. The quantitative estimate of drug-likeness (QED) is 0.624. The van der Waals surface area contributed by atoms with Crippen molar-refractivity contribution in [1.82, 2.24) is 4.90 Å². The average molecular weight is 200 g/mol. The van der Waals surface area contributed by atoms with Crippen molar-refractivity contribution in [2.24, 2.45) is 11.7 Å². The van der Waals surface area contributed by atoms with Gasteiger partial charge in [0, 0.05) is 13.1 Å². The Morgan fingerprint density at radius 1 is 1.57 bits per heavy atom. The highest BCUT2D eigenvalue weighted by atomic mass is 16.3. The number of nitrogens with two attached hydrogens (primary N) is 1. The molecule has 4 nitrogen and oxygen atoms in total. The number of aliphatic hydroxyl groups excluding tert-OH is 1. The molecule has 1 amide bonds. The summed E-state index contributed by atoms with van der Waals surface area (Å²) >= 11 is 0. The molecule has 1 heterocycles. The first kappa shape index (κ1) is 11.5.